The zero-order valence-electron chi connectivity index (χ0n) is 18.5. The number of ether oxygens (including phenoxy) is 2. The summed E-state index contributed by atoms with van der Waals surface area (Å²) < 4.78 is 11.7. The van der Waals surface area contributed by atoms with Gasteiger partial charge in [-0.15, -0.1) is 0 Å². The van der Waals surface area contributed by atoms with Gasteiger partial charge in [0.25, 0.3) is 0 Å². The highest BCUT2D eigenvalue weighted by Crippen LogP contribution is 2.40. The average Bonchev–Trinajstić information content (AvgIpc) is 3.07. The van der Waals surface area contributed by atoms with Crippen LogP contribution in [0.3, 0.4) is 0 Å². The monoisotopic (exact) mass is 398 g/mol. The van der Waals surface area contributed by atoms with E-state index in [0.29, 0.717) is 17.9 Å². The molecular formula is C26H38O3. The van der Waals surface area contributed by atoms with Crippen LogP contribution >= 0.6 is 0 Å². The van der Waals surface area contributed by atoms with Crippen molar-refractivity contribution >= 4 is 5.97 Å². The molecule has 3 nitrogen and oxygen atoms in total. The summed E-state index contributed by atoms with van der Waals surface area (Å²) in [6.07, 6.45) is 10.1. The van der Waals surface area contributed by atoms with Gasteiger partial charge in [-0.25, -0.2) is 4.79 Å². The van der Waals surface area contributed by atoms with Crippen molar-refractivity contribution < 1.29 is 14.3 Å². The molecule has 1 heterocycles. The van der Waals surface area contributed by atoms with E-state index in [-0.39, 0.29) is 18.2 Å². The molecule has 1 saturated carbocycles. The van der Waals surface area contributed by atoms with Gasteiger partial charge in [-0.3, -0.25) is 0 Å². The molecule has 3 atom stereocenters. The van der Waals surface area contributed by atoms with Crippen LogP contribution in [0.4, 0.5) is 0 Å². The molecule has 29 heavy (non-hydrogen) atoms. The minimum atomic E-state index is -0.279. The first-order valence-electron chi connectivity index (χ1n) is 11.7. The van der Waals surface area contributed by atoms with Crippen LogP contribution in [0.1, 0.15) is 90.0 Å². The van der Waals surface area contributed by atoms with Gasteiger partial charge in [0.1, 0.15) is 18.0 Å². The van der Waals surface area contributed by atoms with E-state index < -0.39 is 0 Å². The van der Waals surface area contributed by atoms with E-state index in [4.69, 9.17) is 9.47 Å². The van der Waals surface area contributed by atoms with E-state index in [0.717, 1.165) is 30.4 Å². The second-order valence-electron chi connectivity index (χ2n) is 9.14. The van der Waals surface area contributed by atoms with Crippen molar-refractivity contribution in [3.63, 3.8) is 0 Å². The molecule has 1 aliphatic heterocycles. The van der Waals surface area contributed by atoms with Gasteiger partial charge in [0.2, 0.25) is 0 Å². The predicted molar refractivity (Wildman–Crippen MR) is 118 cm³/mol. The first-order chi connectivity index (χ1) is 14.0. The number of esters is 1. The second-order valence-corrected chi connectivity index (χ2v) is 9.14. The molecule has 1 aromatic rings. The lowest BCUT2D eigenvalue weighted by Crippen LogP contribution is -2.31. The maximum Gasteiger partial charge on any atom is 0.333 e. The van der Waals surface area contributed by atoms with E-state index in [1.165, 1.54) is 44.1 Å². The highest BCUT2D eigenvalue weighted by Gasteiger charge is 2.35. The Morgan fingerprint density at radius 3 is 2.28 bits per heavy atom. The second kappa shape index (κ2) is 10.3. The Bertz CT molecular complexity index is 654. The fourth-order valence-corrected chi connectivity index (χ4v) is 5.11. The molecule has 2 aliphatic rings. The molecular weight excluding hydrogens is 360 g/mol. The summed E-state index contributed by atoms with van der Waals surface area (Å²) in [7, 11) is 0. The topological polar surface area (TPSA) is 35.5 Å². The zero-order chi connectivity index (χ0) is 20.8. The van der Waals surface area contributed by atoms with Crippen molar-refractivity contribution in [3.8, 4) is 5.75 Å². The van der Waals surface area contributed by atoms with E-state index >= 15 is 0 Å². The molecule has 0 radical (unpaired) electrons. The van der Waals surface area contributed by atoms with Gasteiger partial charge < -0.3 is 9.47 Å². The van der Waals surface area contributed by atoms with Crippen molar-refractivity contribution in [2.24, 2.45) is 11.8 Å². The van der Waals surface area contributed by atoms with Crippen molar-refractivity contribution in [1.29, 1.82) is 0 Å². The SMILES string of the molecule is C=C1CC(C(CCC)Oc2ccc(C3CCC(C(C)CCC)CC3)cc2)OC1=O. The quantitative estimate of drug-likeness (QED) is 0.338. The smallest absolute Gasteiger partial charge is 0.333 e. The largest absolute Gasteiger partial charge is 0.487 e. The van der Waals surface area contributed by atoms with Crippen LogP contribution in [0, 0.1) is 11.8 Å². The lowest BCUT2D eigenvalue weighted by Gasteiger charge is -2.32. The van der Waals surface area contributed by atoms with E-state index in [1.807, 2.05) is 0 Å². The molecule has 0 spiro atoms. The van der Waals surface area contributed by atoms with Crippen molar-refractivity contribution in [1.82, 2.24) is 0 Å². The number of carbonyl (C=O) groups is 1. The maximum atomic E-state index is 11.7. The molecule has 0 aromatic heterocycles. The third-order valence-corrected chi connectivity index (χ3v) is 6.94. The van der Waals surface area contributed by atoms with Crippen molar-refractivity contribution in [2.45, 2.75) is 96.7 Å². The van der Waals surface area contributed by atoms with Crippen molar-refractivity contribution in [2.75, 3.05) is 0 Å². The lowest BCUT2D eigenvalue weighted by atomic mass is 9.73. The van der Waals surface area contributed by atoms with Gasteiger partial charge >= 0.3 is 5.97 Å². The average molecular weight is 399 g/mol. The van der Waals surface area contributed by atoms with Crippen LogP contribution in [-0.4, -0.2) is 18.2 Å². The number of benzene rings is 1. The number of rotatable bonds is 9. The Kier molecular flexibility index (Phi) is 7.80. The maximum absolute atomic E-state index is 11.7. The highest BCUT2D eigenvalue weighted by atomic mass is 16.6. The number of hydrogen-bond donors (Lipinski definition) is 0. The molecule has 1 aromatic carbocycles. The van der Waals surface area contributed by atoms with Crippen LogP contribution in [0.25, 0.3) is 0 Å². The van der Waals surface area contributed by atoms with Gasteiger partial charge in [0.05, 0.1) is 0 Å². The minimum absolute atomic E-state index is 0.107. The van der Waals surface area contributed by atoms with Crippen LogP contribution < -0.4 is 4.74 Å². The molecule has 3 unspecified atom stereocenters. The number of hydrogen-bond acceptors (Lipinski definition) is 3. The van der Waals surface area contributed by atoms with E-state index in [2.05, 4.69) is 51.6 Å². The first kappa shape index (κ1) is 21.9. The summed E-state index contributed by atoms with van der Waals surface area (Å²) in [4.78, 5) is 11.7. The van der Waals surface area contributed by atoms with Crippen molar-refractivity contribution in [3.05, 3.63) is 42.0 Å². The highest BCUT2D eigenvalue weighted by molar-refractivity contribution is 5.90. The molecule has 1 aliphatic carbocycles. The van der Waals surface area contributed by atoms with Gasteiger partial charge in [-0.05, 0) is 67.6 Å². The summed E-state index contributed by atoms with van der Waals surface area (Å²) in [5.74, 6) is 3.05. The lowest BCUT2D eigenvalue weighted by molar-refractivity contribution is -0.142. The molecule has 2 fully saturated rings. The standard InChI is InChI=1S/C26H38O3/c1-5-7-18(3)20-9-11-21(12-10-20)22-13-15-23(16-14-22)28-24(8-6-2)25-17-19(4)26(27)29-25/h13-16,18,20-21,24-25H,4-12,17H2,1-3H3. The van der Waals surface area contributed by atoms with Gasteiger partial charge in [-0.1, -0.05) is 58.7 Å². The number of cyclic esters (lactones) is 1. The van der Waals surface area contributed by atoms with Crippen LogP contribution in [0.15, 0.2) is 36.4 Å². The molecule has 1 saturated heterocycles. The zero-order valence-corrected chi connectivity index (χ0v) is 18.5. The summed E-state index contributed by atoms with van der Waals surface area (Å²) >= 11 is 0. The Labute approximate surface area is 176 Å². The van der Waals surface area contributed by atoms with Crippen LogP contribution in [0.2, 0.25) is 0 Å². The summed E-state index contributed by atoms with van der Waals surface area (Å²) in [6.45, 7) is 10.7. The Balaban J connectivity index is 1.55. The third-order valence-electron chi connectivity index (χ3n) is 6.94. The van der Waals surface area contributed by atoms with Gasteiger partial charge in [0, 0.05) is 12.0 Å². The first-order valence-corrected chi connectivity index (χ1v) is 11.7. The molecule has 0 amide bonds. The van der Waals surface area contributed by atoms with E-state index in [1.54, 1.807) is 0 Å². The Hall–Kier alpha value is -1.77. The molecule has 0 bridgehead atoms. The van der Waals surface area contributed by atoms with E-state index in [9.17, 15) is 4.79 Å². The fraction of sp³-hybridized carbons (Fsp3) is 0.654. The Morgan fingerprint density at radius 2 is 1.72 bits per heavy atom. The molecule has 0 N–H and O–H groups in total. The molecule has 3 rings (SSSR count). The third kappa shape index (κ3) is 5.65. The Morgan fingerprint density at radius 1 is 1.07 bits per heavy atom. The number of carbonyl (C=O) groups excluding carboxylic acids is 1. The van der Waals surface area contributed by atoms with Crippen LogP contribution in [0.5, 0.6) is 5.75 Å². The summed E-state index contributed by atoms with van der Waals surface area (Å²) in [6, 6.07) is 8.65. The van der Waals surface area contributed by atoms with Crippen LogP contribution in [-0.2, 0) is 9.53 Å². The fourth-order valence-electron chi connectivity index (χ4n) is 5.11. The summed E-state index contributed by atoms with van der Waals surface area (Å²) in [5.41, 5.74) is 1.99. The summed E-state index contributed by atoms with van der Waals surface area (Å²) in [5, 5.41) is 0. The predicted octanol–water partition coefficient (Wildman–Crippen LogP) is 6.82. The normalized spacial score (nSPS) is 26.8. The minimum Gasteiger partial charge on any atom is -0.487 e. The van der Waals surface area contributed by atoms with Gasteiger partial charge in [-0.2, -0.15) is 0 Å². The molecule has 3 heteroatoms. The van der Waals surface area contributed by atoms with Gasteiger partial charge in [0.15, 0.2) is 0 Å². The molecule has 160 valence electrons.